The number of benzene rings is 1. The standard InChI is InChI=1S/C24H25N7O4/c1-29-18-4-3-17(13-19(18)30(2)24(29)34)21-27-23(35-28-21)16-7-11-31(12-8-16)20(32)14-26-22(33)15-5-9-25-10-6-15/h3-6,9-10,13,16H,7-8,11-12,14H2,1-2H3,(H,26,33). The first-order chi connectivity index (χ1) is 16.9. The van der Waals surface area contributed by atoms with Crippen LogP contribution >= 0.6 is 0 Å². The number of likely N-dealkylation sites (tertiary alicyclic amines) is 1. The van der Waals surface area contributed by atoms with Crippen LogP contribution in [0.4, 0.5) is 0 Å². The number of aryl methyl sites for hydroxylation is 2. The van der Waals surface area contributed by atoms with E-state index in [1.807, 2.05) is 18.2 Å². The fourth-order valence-electron chi connectivity index (χ4n) is 4.41. The van der Waals surface area contributed by atoms with Gasteiger partial charge in [0.05, 0.1) is 17.6 Å². The highest BCUT2D eigenvalue weighted by Crippen LogP contribution is 2.29. The highest BCUT2D eigenvalue weighted by atomic mass is 16.5. The van der Waals surface area contributed by atoms with Crippen LogP contribution in [0.3, 0.4) is 0 Å². The van der Waals surface area contributed by atoms with Crippen LogP contribution in [0, 0.1) is 0 Å². The molecule has 180 valence electrons. The molecule has 0 aliphatic carbocycles. The quantitative estimate of drug-likeness (QED) is 0.463. The number of carbonyl (C=O) groups is 2. The van der Waals surface area contributed by atoms with Crippen molar-refractivity contribution in [3.05, 3.63) is 64.7 Å². The van der Waals surface area contributed by atoms with Crippen molar-refractivity contribution in [2.75, 3.05) is 19.6 Å². The zero-order valence-electron chi connectivity index (χ0n) is 19.5. The van der Waals surface area contributed by atoms with E-state index >= 15 is 0 Å². The first kappa shape index (κ1) is 22.5. The summed E-state index contributed by atoms with van der Waals surface area (Å²) in [5.74, 6) is 0.633. The first-order valence-electron chi connectivity index (χ1n) is 11.4. The molecule has 0 bridgehead atoms. The number of amides is 2. The molecule has 1 saturated heterocycles. The molecule has 1 aliphatic rings. The number of carbonyl (C=O) groups excluding carboxylic acids is 2. The second-order valence-corrected chi connectivity index (χ2v) is 8.63. The summed E-state index contributed by atoms with van der Waals surface area (Å²) in [5.41, 5.74) is 2.77. The summed E-state index contributed by atoms with van der Waals surface area (Å²) in [6.45, 7) is 1.04. The Morgan fingerprint density at radius 2 is 1.77 bits per heavy atom. The van der Waals surface area contributed by atoms with Crippen molar-refractivity contribution in [2.24, 2.45) is 14.1 Å². The zero-order chi connectivity index (χ0) is 24.5. The maximum absolute atomic E-state index is 12.5. The van der Waals surface area contributed by atoms with E-state index < -0.39 is 0 Å². The van der Waals surface area contributed by atoms with Crippen LogP contribution in [-0.2, 0) is 18.9 Å². The SMILES string of the molecule is Cn1c(=O)n(C)c2cc(-c3noc(C4CCN(C(=O)CNC(=O)c5ccncc5)CC4)n3)ccc21. The van der Waals surface area contributed by atoms with Crippen LogP contribution in [0.5, 0.6) is 0 Å². The lowest BCUT2D eigenvalue weighted by Gasteiger charge is -2.30. The molecule has 1 N–H and O–H groups in total. The third kappa shape index (κ3) is 4.32. The van der Waals surface area contributed by atoms with Gasteiger partial charge in [0.1, 0.15) is 0 Å². The molecule has 1 aromatic carbocycles. The Hall–Kier alpha value is -4.28. The smallest absolute Gasteiger partial charge is 0.328 e. The average molecular weight is 476 g/mol. The zero-order valence-corrected chi connectivity index (χ0v) is 19.5. The van der Waals surface area contributed by atoms with Gasteiger partial charge in [0.15, 0.2) is 0 Å². The molecule has 0 spiro atoms. The minimum absolute atomic E-state index is 0.0523. The minimum Gasteiger partial charge on any atom is -0.343 e. The predicted molar refractivity (Wildman–Crippen MR) is 127 cm³/mol. The van der Waals surface area contributed by atoms with E-state index in [1.54, 1.807) is 40.3 Å². The Kier molecular flexibility index (Phi) is 5.89. The maximum Gasteiger partial charge on any atom is 0.328 e. The number of hydrogen-bond acceptors (Lipinski definition) is 7. The lowest BCUT2D eigenvalue weighted by molar-refractivity contribution is -0.131. The number of nitrogens with one attached hydrogen (secondary N) is 1. The topological polar surface area (TPSA) is 128 Å². The third-order valence-electron chi connectivity index (χ3n) is 6.51. The molecule has 35 heavy (non-hydrogen) atoms. The van der Waals surface area contributed by atoms with Gasteiger partial charge in [-0.2, -0.15) is 4.98 Å². The number of pyridine rings is 1. The Labute approximate surface area is 200 Å². The summed E-state index contributed by atoms with van der Waals surface area (Å²) in [7, 11) is 3.47. The number of fused-ring (bicyclic) bond motifs is 1. The second kappa shape index (κ2) is 9.16. The Bertz CT molecular complexity index is 1450. The lowest BCUT2D eigenvalue weighted by Crippen LogP contribution is -2.43. The van der Waals surface area contributed by atoms with Crippen LogP contribution in [-0.4, -0.2) is 60.6 Å². The van der Waals surface area contributed by atoms with E-state index in [1.165, 1.54) is 12.4 Å². The molecule has 0 radical (unpaired) electrons. The van der Waals surface area contributed by atoms with E-state index in [0.717, 1.165) is 16.6 Å². The summed E-state index contributed by atoms with van der Waals surface area (Å²) in [4.78, 5) is 47.1. The Balaban J connectivity index is 1.19. The summed E-state index contributed by atoms with van der Waals surface area (Å²) in [6.07, 6.45) is 4.45. The van der Waals surface area contributed by atoms with Crippen molar-refractivity contribution in [1.82, 2.24) is 34.5 Å². The van der Waals surface area contributed by atoms with E-state index in [2.05, 4.69) is 20.4 Å². The van der Waals surface area contributed by atoms with Crippen molar-refractivity contribution >= 4 is 22.8 Å². The molecule has 11 heteroatoms. The fourth-order valence-corrected chi connectivity index (χ4v) is 4.41. The second-order valence-electron chi connectivity index (χ2n) is 8.63. The van der Waals surface area contributed by atoms with E-state index in [-0.39, 0.29) is 30.0 Å². The monoisotopic (exact) mass is 475 g/mol. The third-order valence-corrected chi connectivity index (χ3v) is 6.51. The molecular formula is C24H25N7O4. The van der Waals surface area contributed by atoms with Crippen molar-refractivity contribution in [1.29, 1.82) is 0 Å². The fraction of sp³-hybridized carbons (Fsp3) is 0.333. The van der Waals surface area contributed by atoms with Crippen molar-refractivity contribution < 1.29 is 14.1 Å². The van der Waals surface area contributed by atoms with Crippen LogP contribution in [0.1, 0.15) is 35.0 Å². The number of imidazole rings is 1. The molecule has 2 amide bonds. The average Bonchev–Trinajstić information content (AvgIpc) is 3.48. The van der Waals surface area contributed by atoms with E-state index in [4.69, 9.17) is 4.52 Å². The first-order valence-corrected chi connectivity index (χ1v) is 11.4. The molecule has 0 saturated carbocycles. The minimum atomic E-state index is -0.303. The number of hydrogen-bond donors (Lipinski definition) is 1. The normalized spacial score (nSPS) is 14.4. The molecule has 4 heterocycles. The molecule has 5 rings (SSSR count). The van der Waals surface area contributed by atoms with Crippen molar-refractivity contribution in [3.8, 4) is 11.4 Å². The van der Waals surface area contributed by atoms with Gasteiger partial charge in [-0.15, -0.1) is 0 Å². The number of piperidine rings is 1. The summed E-state index contributed by atoms with van der Waals surface area (Å²) < 4.78 is 8.74. The van der Waals surface area contributed by atoms with Gasteiger partial charge in [-0.05, 0) is 43.2 Å². The van der Waals surface area contributed by atoms with Crippen LogP contribution in [0.25, 0.3) is 22.4 Å². The van der Waals surface area contributed by atoms with Gasteiger partial charge in [-0.3, -0.25) is 23.7 Å². The van der Waals surface area contributed by atoms with Gasteiger partial charge in [-0.1, -0.05) is 5.16 Å². The van der Waals surface area contributed by atoms with Crippen LogP contribution < -0.4 is 11.0 Å². The summed E-state index contributed by atoms with van der Waals surface area (Å²) >= 11 is 0. The van der Waals surface area contributed by atoms with Gasteiger partial charge >= 0.3 is 5.69 Å². The van der Waals surface area contributed by atoms with Gasteiger partial charge in [0.2, 0.25) is 17.6 Å². The van der Waals surface area contributed by atoms with Crippen LogP contribution in [0.2, 0.25) is 0 Å². The summed E-state index contributed by atoms with van der Waals surface area (Å²) in [6, 6.07) is 8.83. The predicted octanol–water partition coefficient (Wildman–Crippen LogP) is 1.46. The van der Waals surface area contributed by atoms with Gasteiger partial charge < -0.3 is 14.7 Å². The molecular weight excluding hydrogens is 450 g/mol. The van der Waals surface area contributed by atoms with E-state index in [0.29, 0.717) is 43.2 Å². The Morgan fingerprint density at radius 3 is 2.51 bits per heavy atom. The Morgan fingerprint density at radius 1 is 1.06 bits per heavy atom. The molecule has 0 atom stereocenters. The molecule has 4 aromatic rings. The molecule has 0 unspecified atom stereocenters. The van der Waals surface area contributed by atoms with Gasteiger partial charge in [0.25, 0.3) is 5.91 Å². The lowest BCUT2D eigenvalue weighted by atomic mass is 9.96. The summed E-state index contributed by atoms with van der Waals surface area (Å²) in [5, 5.41) is 6.81. The van der Waals surface area contributed by atoms with Crippen molar-refractivity contribution in [3.63, 3.8) is 0 Å². The highest BCUT2D eigenvalue weighted by molar-refractivity contribution is 5.96. The highest BCUT2D eigenvalue weighted by Gasteiger charge is 2.28. The van der Waals surface area contributed by atoms with Gasteiger partial charge in [-0.25, -0.2) is 4.79 Å². The van der Waals surface area contributed by atoms with Gasteiger partial charge in [0, 0.05) is 56.6 Å². The molecule has 11 nitrogen and oxygen atoms in total. The van der Waals surface area contributed by atoms with E-state index in [9.17, 15) is 14.4 Å². The molecule has 1 fully saturated rings. The molecule has 1 aliphatic heterocycles. The number of nitrogens with zero attached hydrogens (tertiary/aromatic N) is 6. The number of rotatable bonds is 5. The maximum atomic E-state index is 12.5. The number of aromatic nitrogens is 5. The largest absolute Gasteiger partial charge is 0.343 e. The molecule has 3 aromatic heterocycles. The van der Waals surface area contributed by atoms with Crippen LogP contribution in [0.15, 0.2) is 52.0 Å². The van der Waals surface area contributed by atoms with Crippen molar-refractivity contribution in [2.45, 2.75) is 18.8 Å².